The molecule has 1 fully saturated rings. The topological polar surface area (TPSA) is 117 Å². The quantitative estimate of drug-likeness (QED) is 0.768. The molecule has 0 aliphatic heterocycles. The van der Waals surface area contributed by atoms with E-state index in [2.05, 4.69) is 10.3 Å². The smallest absolute Gasteiger partial charge is 0.308 e. The van der Waals surface area contributed by atoms with Gasteiger partial charge in [-0.05, 0) is 31.9 Å². The van der Waals surface area contributed by atoms with E-state index in [1.54, 1.807) is 6.92 Å². The lowest BCUT2D eigenvalue weighted by molar-refractivity contribution is -0.146. The van der Waals surface area contributed by atoms with Gasteiger partial charge < -0.3 is 10.4 Å². The van der Waals surface area contributed by atoms with Crippen LogP contribution in [0.2, 0.25) is 0 Å². The zero-order valence-electron chi connectivity index (χ0n) is 14.3. The lowest BCUT2D eigenvalue weighted by Gasteiger charge is -2.40. The van der Waals surface area contributed by atoms with E-state index in [-0.39, 0.29) is 11.4 Å². The molecule has 2 N–H and O–H groups in total. The summed E-state index contributed by atoms with van der Waals surface area (Å²) in [5.74, 6) is -2.14. The fourth-order valence-corrected chi connectivity index (χ4v) is 4.30. The number of carboxylic acid groups (broad SMARTS) is 1. The minimum absolute atomic E-state index is 0.00223. The van der Waals surface area contributed by atoms with Crippen molar-refractivity contribution in [2.45, 2.75) is 43.0 Å². The van der Waals surface area contributed by atoms with Gasteiger partial charge in [-0.15, -0.1) is 0 Å². The van der Waals surface area contributed by atoms with Crippen molar-refractivity contribution in [3.05, 3.63) is 24.5 Å². The first-order chi connectivity index (χ1) is 11.7. The molecule has 8 nitrogen and oxygen atoms in total. The van der Waals surface area contributed by atoms with Crippen LogP contribution >= 0.6 is 0 Å². The molecular formula is C16H23N3O5S. The molecule has 1 aliphatic rings. The van der Waals surface area contributed by atoms with E-state index in [4.69, 9.17) is 0 Å². The number of carbonyl (C=O) groups excluding carboxylic acids is 1. The van der Waals surface area contributed by atoms with E-state index in [0.29, 0.717) is 12.8 Å². The molecule has 2 unspecified atom stereocenters. The van der Waals surface area contributed by atoms with E-state index >= 15 is 0 Å². The highest BCUT2D eigenvalue weighted by molar-refractivity contribution is 7.89. The Morgan fingerprint density at radius 3 is 2.76 bits per heavy atom. The summed E-state index contributed by atoms with van der Waals surface area (Å²) < 4.78 is 25.8. The number of aliphatic carboxylic acids is 1. The van der Waals surface area contributed by atoms with Crippen molar-refractivity contribution in [2.24, 2.45) is 5.92 Å². The molecule has 0 spiro atoms. The summed E-state index contributed by atoms with van der Waals surface area (Å²) in [6.45, 7) is 1.32. The standard InChI is InChI=1S/C16H23N3O5S/c1-16(8-4-3-7-13(16)15(21)22)18-14(20)11-19(2)25(23,24)12-6-5-9-17-10-12/h5-6,9-10,13H,3-4,7-8,11H2,1-2H3,(H,18,20)(H,21,22). The summed E-state index contributed by atoms with van der Waals surface area (Å²) in [7, 11) is -2.53. The maximum Gasteiger partial charge on any atom is 0.308 e. The zero-order valence-corrected chi connectivity index (χ0v) is 15.1. The van der Waals surface area contributed by atoms with Crippen LogP contribution in [0.15, 0.2) is 29.4 Å². The first-order valence-corrected chi connectivity index (χ1v) is 9.51. The average Bonchev–Trinajstić information content (AvgIpc) is 2.55. The van der Waals surface area contributed by atoms with Crippen molar-refractivity contribution in [1.29, 1.82) is 0 Å². The summed E-state index contributed by atoms with van der Waals surface area (Å²) in [5, 5.41) is 12.1. The molecule has 1 aromatic heterocycles. The molecule has 0 radical (unpaired) electrons. The third-order valence-electron chi connectivity index (χ3n) is 4.64. The molecule has 25 heavy (non-hydrogen) atoms. The molecule has 9 heteroatoms. The Labute approximate surface area is 147 Å². The van der Waals surface area contributed by atoms with Crippen LogP contribution < -0.4 is 5.32 Å². The van der Waals surface area contributed by atoms with Gasteiger partial charge in [-0.2, -0.15) is 4.31 Å². The largest absolute Gasteiger partial charge is 0.481 e. The Kier molecular flexibility index (Phi) is 5.79. The van der Waals surface area contributed by atoms with Gasteiger partial charge in [0.1, 0.15) is 4.90 Å². The molecule has 0 saturated heterocycles. The average molecular weight is 369 g/mol. The van der Waals surface area contributed by atoms with E-state index < -0.39 is 33.4 Å². The molecule has 138 valence electrons. The molecule has 0 aromatic carbocycles. The van der Waals surface area contributed by atoms with Gasteiger partial charge in [0.15, 0.2) is 0 Å². The number of hydrogen-bond acceptors (Lipinski definition) is 5. The fraction of sp³-hybridized carbons (Fsp3) is 0.562. The van der Waals surface area contributed by atoms with Gasteiger partial charge in [0.05, 0.1) is 18.0 Å². The van der Waals surface area contributed by atoms with Crippen molar-refractivity contribution in [1.82, 2.24) is 14.6 Å². The van der Waals surface area contributed by atoms with Gasteiger partial charge in [-0.1, -0.05) is 12.8 Å². The number of sulfonamides is 1. The third-order valence-corrected chi connectivity index (χ3v) is 6.43. The van der Waals surface area contributed by atoms with Crippen molar-refractivity contribution in [3.63, 3.8) is 0 Å². The highest BCUT2D eigenvalue weighted by atomic mass is 32.2. The Morgan fingerprint density at radius 2 is 2.16 bits per heavy atom. The Morgan fingerprint density at radius 1 is 1.44 bits per heavy atom. The van der Waals surface area contributed by atoms with Crippen LogP contribution in [0.4, 0.5) is 0 Å². The van der Waals surface area contributed by atoms with Gasteiger partial charge in [0.2, 0.25) is 15.9 Å². The van der Waals surface area contributed by atoms with Crippen LogP contribution in [0, 0.1) is 5.92 Å². The van der Waals surface area contributed by atoms with E-state index in [9.17, 15) is 23.1 Å². The van der Waals surface area contributed by atoms with Crippen LogP contribution in [0.25, 0.3) is 0 Å². The van der Waals surface area contributed by atoms with Gasteiger partial charge in [-0.3, -0.25) is 14.6 Å². The summed E-state index contributed by atoms with van der Waals surface area (Å²) in [6, 6.07) is 2.90. The molecule has 2 rings (SSSR count). The predicted molar refractivity (Wildman–Crippen MR) is 90.2 cm³/mol. The van der Waals surface area contributed by atoms with Crippen molar-refractivity contribution in [2.75, 3.05) is 13.6 Å². The number of carboxylic acids is 1. The predicted octanol–water partition coefficient (Wildman–Crippen LogP) is 0.852. The fourth-order valence-electron chi connectivity index (χ4n) is 3.20. The maximum atomic E-state index is 12.4. The van der Waals surface area contributed by atoms with Crippen molar-refractivity contribution < 1.29 is 23.1 Å². The molecule has 1 aliphatic carbocycles. The number of hydrogen-bond donors (Lipinski definition) is 2. The summed E-state index contributed by atoms with van der Waals surface area (Å²) in [4.78, 5) is 27.6. The molecule has 1 saturated carbocycles. The molecular weight excluding hydrogens is 346 g/mol. The third kappa shape index (κ3) is 4.35. The second-order valence-corrected chi connectivity index (χ2v) is 8.60. The molecule has 0 bridgehead atoms. The lowest BCUT2D eigenvalue weighted by atomic mass is 9.74. The van der Waals surface area contributed by atoms with Crippen LogP contribution in [0.3, 0.4) is 0 Å². The minimum Gasteiger partial charge on any atom is -0.481 e. The first kappa shape index (κ1) is 19.3. The number of likely N-dealkylation sites (N-methyl/N-ethyl adjacent to an activating group) is 1. The maximum absolute atomic E-state index is 12.4. The number of aromatic nitrogens is 1. The zero-order chi connectivity index (χ0) is 18.7. The van der Waals surface area contributed by atoms with Crippen molar-refractivity contribution >= 4 is 21.9 Å². The monoisotopic (exact) mass is 369 g/mol. The molecule has 1 heterocycles. The normalized spacial score (nSPS) is 24.0. The van der Waals surface area contributed by atoms with Gasteiger partial charge in [0, 0.05) is 19.4 Å². The lowest BCUT2D eigenvalue weighted by Crippen LogP contribution is -2.57. The van der Waals surface area contributed by atoms with Gasteiger partial charge >= 0.3 is 5.97 Å². The second-order valence-electron chi connectivity index (χ2n) is 6.55. The van der Waals surface area contributed by atoms with E-state index in [0.717, 1.165) is 17.1 Å². The minimum atomic E-state index is -3.83. The number of nitrogens with zero attached hydrogens (tertiary/aromatic N) is 2. The Balaban J connectivity index is 2.07. The molecule has 1 aromatic rings. The van der Waals surface area contributed by atoms with Gasteiger partial charge in [0.25, 0.3) is 0 Å². The highest BCUT2D eigenvalue weighted by Crippen LogP contribution is 2.33. The number of pyridine rings is 1. The Bertz CT molecular complexity index is 737. The van der Waals surface area contributed by atoms with Crippen molar-refractivity contribution in [3.8, 4) is 0 Å². The van der Waals surface area contributed by atoms with Gasteiger partial charge in [-0.25, -0.2) is 8.42 Å². The van der Waals surface area contributed by atoms with Crippen LogP contribution in [-0.4, -0.2) is 53.8 Å². The van der Waals surface area contributed by atoms with E-state index in [1.165, 1.54) is 31.6 Å². The Hall–Kier alpha value is -2.00. The van der Waals surface area contributed by atoms with Crippen LogP contribution in [0.5, 0.6) is 0 Å². The number of nitrogens with one attached hydrogen (secondary N) is 1. The first-order valence-electron chi connectivity index (χ1n) is 8.07. The van der Waals surface area contributed by atoms with Crippen LogP contribution in [-0.2, 0) is 19.6 Å². The molecule has 1 amide bonds. The second kappa shape index (κ2) is 7.49. The summed E-state index contributed by atoms with van der Waals surface area (Å²) in [6.07, 6.45) is 5.35. The molecule has 2 atom stereocenters. The van der Waals surface area contributed by atoms with Crippen LogP contribution in [0.1, 0.15) is 32.6 Å². The summed E-state index contributed by atoms with van der Waals surface area (Å²) in [5.41, 5.74) is -0.875. The summed E-state index contributed by atoms with van der Waals surface area (Å²) >= 11 is 0. The van der Waals surface area contributed by atoms with E-state index in [1.807, 2.05) is 0 Å². The number of carbonyl (C=O) groups is 2. The SMILES string of the molecule is CN(CC(=O)NC1(C)CCCCC1C(=O)O)S(=O)(=O)c1cccnc1. The highest BCUT2D eigenvalue weighted by Gasteiger charge is 2.42. The number of amides is 1. The number of rotatable bonds is 6.